The number of nitrogens with zero attached hydrogens (tertiary/aromatic N) is 1. The lowest BCUT2D eigenvalue weighted by Crippen LogP contribution is -2.22. The fraction of sp³-hybridized carbons (Fsp3) is 0.176. The number of fused-ring (bicyclic) bond motifs is 1. The van der Waals surface area contributed by atoms with Gasteiger partial charge in [0.2, 0.25) is 12.7 Å². The van der Waals surface area contributed by atoms with E-state index in [-0.39, 0.29) is 18.6 Å². The van der Waals surface area contributed by atoms with Crippen LogP contribution >= 0.6 is 0 Å². The number of amides is 2. The molecular formula is C17H16N2O4. The molecule has 23 heavy (non-hydrogen) atoms. The molecule has 2 aromatic carbocycles. The van der Waals surface area contributed by atoms with Gasteiger partial charge in [-0.05, 0) is 42.5 Å². The molecule has 0 spiro atoms. The van der Waals surface area contributed by atoms with Crippen LogP contribution in [-0.2, 0) is 4.79 Å². The molecule has 0 aliphatic carbocycles. The van der Waals surface area contributed by atoms with Crippen molar-refractivity contribution in [3.05, 3.63) is 48.0 Å². The van der Waals surface area contributed by atoms with Gasteiger partial charge in [-0.15, -0.1) is 0 Å². The summed E-state index contributed by atoms with van der Waals surface area (Å²) in [5.41, 5.74) is 1.89. The largest absolute Gasteiger partial charge is 0.454 e. The number of nitrogens with one attached hydrogen (secondary N) is 1. The van der Waals surface area contributed by atoms with Crippen LogP contribution in [0.1, 0.15) is 17.3 Å². The standard InChI is InChI=1S/C17H16N2O4/c1-11(20)19(2)14-6-4-13(5-7-14)18-17(21)12-3-8-15-16(9-12)23-10-22-15/h3-9H,10H2,1-2H3,(H,18,21). The van der Waals surface area contributed by atoms with Gasteiger partial charge in [-0.3, -0.25) is 9.59 Å². The zero-order valence-corrected chi connectivity index (χ0v) is 12.8. The Labute approximate surface area is 133 Å². The first-order chi connectivity index (χ1) is 11.0. The van der Waals surface area contributed by atoms with Crippen molar-refractivity contribution < 1.29 is 19.1 Å². The van der Waals surface area contributed by atoms with Crippen LogP contribution in [0, 0.1) is 0 Å². The summed E-state index contributed by atoms with van der Waals surface area (Å²) in [6.45, 7) is 1.67. The van der Waals surface area contributed by atoms with E-state index in [2.05, 4.69) is 5.32 Å². The van der Waals surface area contributed by atoms with Crippen molar-refractivity contribution in [1.82, 2.24) is 0 Å². The molecule has 2 aromatic rings. The third-order valence-corrected chi connectivity index (χ3v) is 3.62. The average molecular weight is 312 g/mol. The fourth-order valence-corrected chi connectivity index (χ4v) is 2.19. The van der Waals surface area contributed by atoms with E-state index in [0.29, 0.717) is 22.7 Å². The topological polar surface area (TPSA) is 67.9 Å². The Hall–Kier alpha value is -3.02. The number of hydrogen-bond donors (Lipinski definition) is 1. The lowest BCUT2D eigenvalue weighted by Gasteiger charge is -2.15. The quantitative estimate of drug-likeness (QED) is 0.946. The number of rotatable bonds is 3. The Kier molecular flexibility index (Phi) is 3.89. The monoisotopic (exact) mass is 312 g/mol. The Morgan fingerprint density at radius 2 is 1.74 bits per heavy atom. The highest BCUT2D eigenvalue weighted by atomic mass is 16.7. The molecule has 1 N–H and O–H groups in total. The molecule has 0 unspecified atom stereocenters. The summed E-state index contributed by atoms with van der Waals surface area (Å²) >= 11 is 0. The number of hydrogen-bond acceptors (Lipinski definition) is 4. The van der Waals surface area contributed by atoms with Crippen LogP contribution in [0.4, 0.5) is 11.4 Å². The number of ether oxygens (including phenoxy) is 2. The van der Waals surface area contributed by atoms with E-state index >= 15 is 0 Å². The fourth-order valence-electron chi connectivity index (χ4n) is 2.19. The molecule has 0 saturated heterocycles. The zero-order valence-electron chi connectivity index (χ0n) is 12.8. The third kappa shape index (κ3) is 3.11. The Morgan fingerprint density at radius 1 is 1.04 bits per heavy atom. The summed E-state index contributed by atoms with van der Waals surface area (Å²) in [7, 11) is 1.70. The Balaban J connectivity index is 1.71. The number of carbonyl (C=O) groups is 2. The van der Waals surface area contributed by atoms with E-state index in [1.165, 1.54) is 11.8 Å². The minimum atomic E-state index is -0.240. The molecule has 1 aliphatic heterocycles. The predicted octanol–water partition coefficient (Wildman–Crippen LogP) is 2.65. The average Bonchev–Trinajstić information content (AvgIpc) is 3.02. The number of anilines is 2. The maximum Gasteiger partial charge on any atom is 0.255 e. The smallest absolute Gasteiger partial charge is 0.255 e. The van der Waals surface area contributed by atoms with Gasteiger partial charge >= 0.3 is 0 Å². The van der Waals surface area contributed by atoms with Gasteiger partial charge < -0.3 is 19.7 Å². The third-order valence-electron chi connectivity index (χ3n) is 3.62. The molecule has 0 bridgehead atoms. The Bertz CT molecular complexity index is 756. The van der Waals surface area contributed by atoms with Crippen molar-refractivity contribution in [2.75, 3.05) is 24.1 Å². The molecular weight excluding hydrogens is 296 g/mol. The highest BCUT2D eigenvalue weighted by molar-refractivity contribution is 6.04. The summed E-state index contributed by atoms with van der Waals surface area (Å²) in [4.78, 5) is 25.1. The van der Waals surface area contributed by atoms with Crippen LogP contribution in [-0.4, -0.2) is 25.7 Å². The normalized spacial score (nSPS) is 11.9. The lowest BCUT2D eigenvalue weighted by atomic mass is 10.2. The van der Waals surface area contributed by atoms with Gasteiger partial charge in [0.15, 0.2) is 11.5 Å². The second-order valence-corrected chi connectivity index (χ2v) is 5.15. The van der Waals surface area contributed by atoms with Gasteiger partial charge in [0.1, 0.15) is 0 Å². The van der Waals surface area contributed by atoms with Gasteiger partial charge in [0.25, 0.3) is 5.91 Å². The zero-order chi connectivity index (χ0) is 16.4. The maximum atomic E-state index is 12.3. The second kappa shape index (κ2) is 6.00. The molecule has 2 amide bonds. The maximum absolute atomic E-state index is 12.3. The van der Waals surface area contributed by atoms with Crippen molar-refractivity contribution >= 4 is 23.2 Å². The molecule has 1 aliphatic rings. The minimum Gasteiger partial charge on any atom is -0.454 e. The molecule has 0 radical (unpaired) electrons. The molecule has 6 nitrogen and oxygen atoms in total. The summed E-state index contributed by atoms with van der Waals surface area (Å²) in [6.07, 6.45) is 0. The lowest BCUT2D eigenvalue weighted by molar-refractivity contribution is -0.116. The van der Waals surface area contributed by atoms with Gasteiger partial charge in [-0.25, -0.2) is 0 Å². The van der Waals surface area contributed by atoms with Crippen molar-refractivity contribution in [3.63, 3.8) is 0 Å². The van der Waals surface area contributed by atoms with Crippen molar-refractivity contribution in [2.45, 2.75) is 6.92 Å². The minimum absolute atomic E-state index is 0.0536. The van der Waals surface area contributed by atoms with Crippen molar-refractivity contribution in [1.29, 1.82) is 0 Å². The first-order valence-electron chi connectivity index (χ1n) is 7.10. The first-order valence-corrected chi connectivity index (χ1v) is 7.10. The molecule has 6 heteroatoms. The van der Waals surface area contributed by atoms with E-state index in [1.54, 1.807) is 49.5 Å². The van der Waals surface area contributed by atoms with E-state index in [1.807, 2.05) is 0 Å². The molecule has 0 fully saturated rings. The number of carbonyl (C=O) groups excluding carboxylic acids is 2. The SMILES string of the molecule is CC(=O)N(C)c1ccc(NC(=O)c2ccc3c(c2)OCO3)cc1. The molecule has 0 atom stereocenters. The summed E-state index contributed by atoms with van der Waals surface area (Å²) in [5, 5.41) is 2.81. The molecule has 3 rings (SSSR count). The highest BCUT2D eigenvalue weighted by Crippen LogP contribution is 2.32. The van der Waals surface area contributed by atoms with Crippen LogP contribution < -0.4 is 19.7 Å². The predicted molar refractivity (Wildman–Crippen MR) is 86.0 cm³/mol. The van der Waals surface area contributed by atoms with Crippen LogP contribution in [0.5, 0.6) is 11.5 Å². The Morgan fingerprint density at radius 3 is 2.43 bits per heavy atom. The molecule has 118 valence electrons. The van der Waals surface area contributed by atoms with Crippen LogP contribution in [0.25, 0.3) is 0 Å². The second-order valence-electron chi connectivity index (χ2n) is 5.15. The molecule has 0 saturated carbocycles. The molecule has 0 aromatic heterocycles. The summed E-state index contributed by atoms with van der Waals surface area (Å²) in [5.74, 6) is 0.910. The summed E-state index contributed by atoms with van der Waals surface area (Å²) in [6, 6.07) is 12.1. The number of benzene rings is 2. The van der Waals surface area contributed by atoms with E-state index in [4.69, 9.17) is 9.47 Å². The van der Waals surface area contributed by atoms with E-state index in [0.717, 1.165) is 5.69 Å². The molecule has 1 heterocycles. The van der Waals surface area contributed by atoms with Crippen molar-refractivity contribution in [3.8, 4) is 11.5 Å². The van der Waals surface area contributed by atoms with Crippen LogP contribution in [0.2, 0.25) is 0 Å². The summed E-state index contributed by atoms with van der Waals surface area (Å²) < 4.78 is 10.5. The van der Waals surface area contributed by atoms with Crippen molar-refractivity contribution in [2.24, 2.45) is 0 Å². The van der Waals surface area contributed by atoms with E-state index < -0.39 is 0 Å². The van der Waals surface area contributed by atoms with Gasteiger partial charge in [-0.1, -0.05) is 0 Å². The highest BCUT2D eigenvalue weighted by Gasteiger charge is 2.16. The first kappa shape index (κ1) is 14.9. The van der Waals surface area contributed by atoms with Gasteiger partial charge in [0, 0.05) is 30.9 Å². The van der Waals surface area contributed by atoms with Crippen LogP contribution in [0.15, 0.2) is 42.5 Å². The van der Waals surface area contributed by atoms with Gasteiger partial charge in [-0.2, -0.15) is 0 Å². The van der Waals surface area contributed by atoms with Gasteiger partial charge in [0.05, 0.1) is 0 Å². The van der Waals surface area contributed by atoms with E-state index in [9.17, 15) is 9.59 Å². The van der Waals surface area contributed by atoms with Crippen LogP contribution in [0.3, 0.4) is 0 Å².